The van der Waals surface area contributed by atoms with E-state index in [1.54, 1.807) is 6.07 Å². The fourth-order valence-corrected chi connectivity index (χ4v) is 2.28. The molecule has 1 aromatic heterocycles. The van der Waals surface area contributed by atoms with E-state index in [-0.39, 0.29) is 12.6 Å². The molecular weight excluding hydrogens is 262 g/mol. The standard InChI is InChI=1S/C18H15NO2/c1-13-11-16(15-9-5-6-10-17(15)19-13)18(20)21-12-14-7-3-2-4-8-14/h2-11H,12H2,1H3. The molecular formula is C18H15NO2. The number of nitrogens with zero attached hydrogens (tertiary/aromatic N) is 1. The lowest BCUT2D eigenvalue weighted by Gasteiger charge is -2.08. The average Bonchev–Trinajstić information content (AvgIpc) is 2.52. The van der Waals surface area contributed by atoms with Gasteiger partial charge in [-0.3, -0.25) is 4.98 Å². The summed E-state index contributed by atoms with van der Waals surface area (Å²) >= 11 is 0. The van der Waals surface area contributed by atoms with Gasteiger partial charge in [-0.2, -0.15) is 0 Å². The van der Waals surface area contributed by atoms with Gasteiger partial charge in [0.2, 0.25) is 0 Å². The first-order chi connectivity index (χ1) is 10.2. The molecule has 0 radical (unpaired) electrons. The van der Waals surface area contributed by atoms with Crippen molar-refractivity contribution < 1.29 is 9.53 Å². The van der Waals surface area contributed by atoms with Gasteiger partial charge in [0.15, 0.2) is 0 Å². The minimum atomic E-state index is -0.319. The van der Waals surface area contributed by atoms with Crippen molar-refractivity contribution in [1.82, 2.24) is 4.98 Å². The second-order valence-electron chi connectivity index (χ2n) is 4.89. The first kappa shape index (κ1) is 13.3. The number of benzene rings is 2. The summed E-state index contributed by atoms with van der Waals surface area (Å²) in [6, 6.07) is 19.0. The van der Waals surface area contributed by atoms with Crippen molar-refractivity contribution in [3.63, 3.8) is 0 Å². The van der Waals surface area contributed by atoms with Gasteiger partial charge >= 0.3 is 5.97 Å². The predicted octanol–water partition coefficient (Wildman–Crippen LogP) is 3.90. The number of esters is 1. The second-order valence-corrected chi connectivity index (χ2v) is 4.89. The zero-order valence-corrected chi connectivity index (χ0v) is 11.7. The first-order valence-electron chi connectivity index (χ1n) is 6.81. The van der Waals surface area contributed by atoms with Gasteiger partial charge < -0.3 is 4.74 Å². The molecule has 0 bridgehead atoms. The third kappa shape index (κ3) is 2.92. The molecule has 3 aromatic rings. The molecule has 21 heavy (non-hydrogen) atoms. The van der Waals surface area contributed by atoms with Gasteiger partial charge in [-0.1, -0.05) is 48.5 Å². The van der Waals surface area contributed by atoms with Crippen molar-refractivity contribution in [3.8, 4) is 0 Å². The maximum atomic E-state index is 12.3. The Morgan fingerprint density at radius 1 is 1.05 bits per heavy atom. The molecule has 0 unspecified atom stereocenters. The number of ether oxygens (including phenoxy) is 1. The Bertz CT molecular complexity index is 782. The van der Waals surface area contributed by atoms with E-state index < -0.39 is 0 Å². The number of pyridine rings is 1. The van der Waals surface area contributed by atoms with Gasteiger partial charge in [-0.25, -0.2) is 4.79 Å². The van der Waals surface area contributed by atoms with E-state index in [4.69, 9.17) is 4.74 Å². The lowest BCUT2D eigenvalue weighted by molar-refractivity contribution is 0.0475. The fraction of sp³-hybridized carbons (Fsp3) is 0.111. The van der Waals surface area contributed by atoms with E-state index in [0.717, 1.165) is 22.2 Å². The fourth-order valence-electron chi connectivity index (χ4n) is 2.28. The van der Waals surface area contributed by atoms with Crippen LogP contribution < -0.4 is 0 Å². The predicted molar refractivity (Wildman–Crippen MR) is 82.0 cm³/mol. The quantitative estimate of drug-likeness (QED) is 0.681. The summed E-state index contributed by atoms with van der Waals surface area (Å²) in [6.45, 7) is 2.15. The van der Waals surface area contributed by atoms with Crippen molar-refractivity contribution in [3.05, 3.63) is 77.5 Å². The SMILES string of the molecule is Cc1cc(C(=O)OCc2ccccc2)c2ccccc2n1. The molecule has 3 rings (SSSR count). The Morgan fingerprint density at radius 3 is 2.57 bits per heavy atom. The smallest absolute Gasteiger partial charge is 0.339 e. The van der Waals surface area contributed by atoms with Crippen LogP contribution in [0.3, 0.4) is 0 Å². The lowest BCUT2D eigenvalue weighted by atomic mass is 10.1. The van der Waals surface area contributed by atoms with Crippen molar-refractivity contribution in [1.29, 1.82) is 0 Å². The largest absolute Gasteiger partial charge is 0.457 e. The third-order valence-corrected chi connectivity index (χ3v) is 3.28. The van der Waals surface area contributed by atoms with E-state index in [2.05, 4.69) is 4.98 Å². The van der Waals surface area contributed by atoms with Gasteiger partial charge in [-0.05, 0) is 24.6 Å². The number of aryl methyl sites for hydroxylation is 1. The summed E-state index contributed by atoms with van der Waals surface area (Å²) in [5.74, 6) is -0.319. The maximum absolute atomic E-state index is 12.3. The molecule has 0 aliphatic carbocycles. The zero-order valence-electron chi connectivity index (χ0n) is 11.7. The normalized spacial score (nSPS) is 10.5. The summed E-state index contributed by atoms with van der Waals surface area (Å²) in [5, 5.41) is 0.821. The average molecular weight is 277 g/mol. The van der Waals surface area contributed by atoms with Crippen molar-refractivity contribution in [2.24, 2.45) is 0 Å². The minimum absolute atomic E-state index is 0.273. The zero-order chi connectivity index (χ0) is 14.7. The van der Waals surface area contributed by atoms with Gasteiger partial charge in [-0.15, -0.1) is 0 Å². The van der Waals surface area contributed by atoms with Crippen LogP contribution >= 0.6 is 0 Å². The van der Waals surface area contributed by atoms with E-state index in [9.17, 15) is 4.79 Å². The number of hydrogen-bond acceptors (Lipinski definition) is 3. The highest BCUT2D eigenvalue weighted by Crippen LogP contribution is 2.19. The summed E-state index contributed by atoms with van der Waals surface area (Å²) in [6.07, 6.45) is 0. The first-order valence-corrected chi connectivity index (χ1v) is 6.81. The van der Waals surface area contributed by atoms with E-state index in [1.807, 2.05) is 61.5 Å². The van der Waals surface area contributed by atoms with Crippen molar-refractivity contribution in [2.75, 3.05) is 0 Å². The molecule has 3 heteroatoms. The van der Waals surface area contributed by atoms with Crippen LogP contribution in [0.1, 0.15) is 21.6 Å². The van der Waals surface area contributed by atoms with E-state index >= 15 is 0 Å². The third-order valence-electron chi connectivity index (χ3n) is 3.28. The highest BCUT2D eigenvalue weighted by Gasteiger charge is 2.13. The van der Waals surface area contributed by atoms with Crippen LogP contribution in [0, 0.1) is 6.92 Å². The number of carbonyl (C=O) groups is 1. The van der Waals surface area contributed by atoms with Crippen LogP contribution in [0.4, 0.5) is 0 Å². The molecule has 3 nitrogen and oxygen atoms in total. The van der Waals surface area contributed by atoms with Crippen LogP contribution in [-0.2, 0) is 11.3 Å². The number of fused-ring (bicyclic) bond motifs is 1. The summed E-state index contributed by atoms with van der Waals surface area (Å²) in [5.41, 5.74) is 3.15. The number of carbonyl (C=O) groups excluding carboxylic acids is 1. The molecule has 0 N–H and O–H groups in total. The summed E-state index contributed by atoms with van der Waals surface area (Å²) in [4.78, 5) is 16.8. The molecule has 0 saturated carbocycles. The monoisotopic (exact) mass is 277 g/mol. The number of hydrogen-bond donors (Lipinski definition) is 0. The van der Waals surface area contributed by atoms with E-state index in [0.29, 0.717) is 5.56 Å². The van der Waals surface area contributed by atoms with Crippen molar-refractivity contribution in [2.45, 2.75) is 13.5 Å². The molecule has 104 valence electrons. The summed E-state index contributed by atoms with van der Waals surface area (Å²) < 4.78 is 5.41. The highest BCUT2D eigenvalue weighted by molar-refractivity contribution is 6.03. The Balaban J connectivity index is 1.88. The number of rotatable bonds is 3. The molecule has 2 aromatic carbocycles. The van der Waals surface area contributed by atoms with Gasteiger partial charge in [0.1, 0.15) is 6.61 Å². The Labute approximate surface area is 123 Å². The summed E-state index contributed by atoms with van der Waals surface area (Å²) in [7, 11) is 0. The lowest BCUT2D eigenvalue weighted by Crippen LogP contribution is -2.07. The van der Waals surface area contributed by atoms with Crippen LogP contribution in [-0.4, -0.2) is 11.0 Å². The molecule has 0 saturated heterocycles. The van der Waals surface area contributed by atoms with Gasteiger partial charge in [0.05, 0.1) is 11.1 Å². The molecule has 1 heterocycles. The van der Waals surface area contributed by atoms with Gasteiger partial charge in [0.25, 0.3) is 0 Å². The van der Waals surface area contributed by atoms with Gasteiger partial charge in [0, 0.05) is 11.1 Å². The minimum Gasteiger partial charge on any atom is -0.457 e. The highest BCUT2D eigenvalue weighted by atomic mass is 16.5. The van der Waals surface area contributed by atoms with Crippen LogP contribution in [0.25, 0.3) is 10.9 Å². The maximum Gasteiger partial charge on any atom is 0.339 e. The van der Waals surface area contributed by atoms with Crippen LogP contribution in [0.5, 0.6) is 0 Å². The van der Waals surface area contributed by atoms with Crippen LogP contribution in [0.2, 0.25) is 0 Å². The van der Waals surface area contributed by atoms with E-state index in [1.165, 1.54) is 0 Å². The Hall–Kier alpha value is -2.68. The molecule has 0 fully saturated rings. The second kappa shape index (κ2) is 5.75. The molecule has 0 amide bonds. The Morgan fingerprint density at radius 2 is 1.76 bits per heavy atom. The molecule has 0 aliphatic heterocycles. The molecule has 0 spiro atoms. The van der Waals surface area contributed by atoms with Crippen molar-refractivity contribution >= 4 is 16.9 Å². The Kier molecular flexibility index (Phi) is 3.65. The van der Waals surface area contributed by atoms with Crippen LogP contribution in [0.15, 0.2) is 60.7 Å². The molecule has 0 aliphatic rings. The topological polar surface area (TPSA) is 39.2 Å². The number of para-hydroxylation sites is 1. The molecule has 0 atom stereocenters. The number of aromatic nitrogens is 1.